The van der Waals surface area contributed by atoms with Gasteiger partial charge in [-0.25, -0.2) is 4.98 Å². The van der Waals surface area contributed by atoms with Crippen LogP contribution in [0, 0.1) is 5.92 Å². The van der Waals surface area contributed by atoms with Crippen LogP contribution in [0.25, 0.3) is 10.2 Å². The fraction of sp³-hybridized carbons (Fsp3) is 0.296. The van der Waals surface area contributed by atoms with Crippen molar-refractivity contribution in [2.24, 2.45) is 5.92 Å². The van der Waals surface area contributed by atoms with Crippen molar-refractivity contribution < 1.29 is 14.0 Å². The first kappa shape index (κ1) is 22.3. The van der Waals surface area contributed by atoms with Gasteiger partial charge in [-0.05, 0) is 54.7 Å². The largest absolute Gasteiger partial charge is 0.472 e. The number of hydrogen-bond acceptors (Lipinski definition) is 5. The molecule has 0 radical (unpaired) electrons. The molecular weight excluding hydrogens is 446 g/mol. The van der Waals surface area contributed by atoms with E-state index < -0.39 is 0 Å². The molecule has 0 saturated carbocycles. The van der Waals surface area contributed by atoms with E-state index in [4.69, 9.17) is 9.40 Å². The number of rotatable bonds is 5. The van der Waals surface area contributed by atoms with E-state index in [1.807, 2.05) is 36.4 Å². The number of nitrogens with zero attached hydrogens (tertiary/aromatic N) is 3. The third-order valence-corrected chi connectivity index (χ3v) is 7.36. The van der Waals surface area contributed by atoms with Crippen LogP contribution in [0.5, 0.6) is 0 Å². The lowest BCUT2D eigenvalue weighted by molar-refractivity contribution is -0.122. The van der Waals surface area contributed by atoms with Crippen LogP contribution >= 0.6 is 11.3 Å². The number of aromatic nitrogens is 1. The summed E-state index contributed by atoms with van der Waals surface area (Å²) in [7, 11) is 0. The molecule has 174 valence electrons. The third-order valence-electron chi connectivity index (χ3n) is 6.34. The normalized spacial score (nSPS) is 16.2. The first-order chi connectivity index (χ1) is 16.5. The number of thiazole rings is 1. The fourth-order valence-electron chi connectivity index (χ4n) is 4.41. The molecule has 6 nitrogen and oxygen atoms in total. The molecule has 2 aromatic heterocycles. The second-order valence-electron chi connectivity index (χ2n) is 8.99. The van der Waals surface area contributed by atoms with Crippen LogP contribution in [-0.4, -0.2) is 34.8 Å². The summed E-state index contributed by atoms with van der Waals surface area (Å²) in [6.07, 6.45) is 4.46. The van der Waals surface area contributed by atoms with Gasteiger partial charge in [0.25, 0.3) is 5.91 Å². The summed E-state index contributed by atoms with van der Waals surface area (Å²) in [5, 5.41) is 0.654. The van der Waals surface area contributed by atoms with Gasteiger partial charge in [-0.3, -0.25) is 14.5 Å². The van der Waals surface area contributed by atoms with E-state index in [0.717, 1.165) is 28.7 Å². The van der Waals surface area contributed by atoms with Crippen molar-refractivity contribution in [2.75, 3.05) is 18.0 Å². The van der Waals surface area contributed by atoms with Crippen LogP contribution in [0.4, 0.5) is 10.8 Å². The molecule has 7 heteroatoms. The molecule has 2 amide bonds. The minimum absolute atomic E-state index is 0.0268. The minimum atomic E-state index is -0.304. The first-order valence-corrected chi connectivity index (χ1v) is 12.4. The number of hydrogen-bond donors (Lipinski definition) is 0. The highest BCUT2D eigenvalue weighted by Gasteiger charge is 2.34. The number of para-hydroxylation sites is 1. The second kappa shape index (κ2) is 9.43. The molecule has 4 aromatic rings. The lowest BCUT2D eigenvalue weighted by Gasteiger charge is -2.34. The Morgan fingerprint density at radius 1 is 1.12 bits per heavy atom. The topological polar surface area (TPSA) is 66.7 Å². The van der Waals surface area contributed by atoms with Gasteiger partial charge in [0, 0.05) is 13.1 Å². The van der Waals surface area contributed by atoms with Crippen LogP contribution in [0.2, 0.25) is 0 Å². The molecule has 2 aromatic carbocycles. The summed E-state index contributed by atoms with van der Waals surface area (Å²) in [6.45, 7) is 5.32. The molecule has 1 fully saturated rings. The number of piperidine rings is 1. The molecular formula is C27H27N3O3S. The minimum Gasteiger partial charge on any atom is -0.472 e. The summed E-state index contributed by atoms with van der Waals surface area (Å²) in [5.74, 6) is -0.0250. The SMILES string of the molecule is CC(C)c1ccc(N(C(=O)C2CCCN(C(=O)c3ccoc3)C2)c2nc3ccccc3s2)cc1. The zero-order chi connectivity index (χ0) is 23.7. The predicted molar refractivity (Wildman–Crippen MR) is 135 cm³/mol. The summed E-state index contributed by atoms with van der Waals surface area (Å²) in [6, 6.07) is 17.7. The van der Waals surface area contributed by atoms with Crippen LogP contribution in [-0.2, 0) is 4.79 Å². The van der Waals surface area contributed by atoms with Crippen molar-refractivity contribution in [1.82, 2.24) is 9.88 Å². The number of anilines is 2. The lowest BCUT2D eigenvalue weighted by Crippen LogP contribution is -2.45. The molecule has 0 spiro atoms. The van der Waals surface area contributed by atoms with E-state index in [1.54, 1.807) is 15.9 Å². The van der Waals surface area contributed by atoms with Gasteiger partial charge in [0.2, 0.25) is 5.91 Å². The number of carbonyl (C=O) groups excluding carboxylic acids is 2. The van der Waals surface area contributed by atoms with Gasteiger partial charge in [-0.2, -0.15) is 0 Å². The van der Waals surface area contributed by atoms with Gasteiger partial charge in [0.05, 0.1) is 33.6 Å². The fourth-order valence-corrected chi connectivity index (χ4v) is 5.40. The number of benzene rings is 2. The molecule has 1 saturated heterocycles. The number of amides is 2. The van der Waals surface area contributed by atoms with E-state index in [0.29, 0.717) is 29.7 Å². The Morgan fingerprint density at radius 2 is 1.91 bits per heavy atom. The molecule has 34 heavy (non-hydrogen) atoms. The molecule has 1 unspecified atom stereocenters. The molecule has 1 aliphatic heterocycles. The van der Waals surface area contributed by atoms with Gasteiger partial charge in [0.15, 0.2) is 5.13 Å². The summed E-state index contributed by atoms with van der Waals surface area (Å²) < 4.78 is 6.12. The maximum absolute atomic E-state index is 14.0. The quantitative estimate of drug-likeness (QED) is 0.345. The lowest BCUT2D eigenvalue weighted by atomic mass is 9.95. The Kier molecular flexibility index (Phi) is 6.20. The maximum atomic E-state index is 14.0. The van der Waals surface area contributed by atoms with Crippen molar-refractivity contribution in [3.05, 3.63) is 78.3 Å². The molecule has 1 atom stereocenters. The predicted octanol–water partition coefficient (Wildman–Crippen LogP) is 6.23. The van der Waals surface area contributed by atoms with E-state index >= 15 is 0 Å². The van der Waals surface area contributed by atoms with Crippen molar-refractivity contribution in [3.63, 3.8) is 0 Å². The number of carbonyl (C=O) groups is 2. The highest BCUT2D eigenvalue weighted by atomic mass is 32.1. The van der Waals surface area contributed by atoms with E-state index in [9.17, 15) is 9.59 Å². The van der Waals surface area contributed by atoms with Gasteiger partial charge < -0.3 is 9.32 Å². The second-order valence-corrected chi connectivity index (χ2v) is 10.00. The molecule has 0 aliphatic carbocycles. The summed E-state index contributed by atoms with van der Waals surface area (Å²) in [5.41, 5.74) is 3.40. The average Bonchev–Trinajstić information content (AvgIpc) is 3.54. The Bertz CT molecular complexity index is 1260. The standard InChI is InChI=1S/C27H27N3O3S/c1-18(2)19-9-11-22(12-10-19)30(27-28-23-7-3-4-8-24(23)34-27)26(32)20-6-5-14-29(16-20)25(31)21-13-15-33-17-21/h3-4,7-13,15,17-18,20H,5-6,14,16H2,1-2H3. The van der Waals surface area contributed by atoms with Crippen molar-refractivity contribution >= 4 is 44.2 Å². The Labute approximate surface area is 202 Å². The van der Waals surface area contributed by atoms with Gasteiger partial charge in [-0.15, -0.1) is 0 Å². The average molecular weight is 474 g/mol. The van der Waals surface area contributed by atoms with Gasteiger partial charge in [-0.1, -0.05) is 49.4 Å². The van der Waals surface area contributed by atoms with E-state index in [-0.39, 0.29) is 17.7 Å². The molecule has 0 bridgehead atoms. The zero-order valence-corrected chi connectivity index (χ0v) is 20.1. The number of furan rings is 1. The van der Waals surface area contributed by atoms with Crippen LogP contribution in [0.3, 0.4) is 0 Å². The van der Waals surface area contributed by atoms with Gasteiger partial charge in [0.1, 0.15) is 6.26 Å². The monoisotopic (exact) mass is 473 g/mol. The van der Waals surface area contributed by atoms with E-state index in [2.05, 4.69) is 26.0 Å². The Hall–Kier alpha value is -3.45. The van der Waals surface area contributed by atoms with Crippen LogP contribution < -0.4 is 4.90 Å². The maximum Gasteiger partial charge on any atom is 0.257 e. The molecule has 5 rings (SSSR count). The van der Waals surface area contributed by atoms with Crippen molar-refractivity contribution in [2.45, 2.75) is 32.6 Å². The van der Waals surface area contributed by atoms with Crippen LogP contribution in [0.15, 0.2) is 71.5 Å². The van der Waals surface area contributed by atoms with Crippen molar-refractivity contribution in [3.8, 4) is 0 Å². The number of fused-ring (bicyclic) bond motifs is 1. The molecule has 1 aliphatic rings. The Balaban J connectivity index is 1.47. The zero-order valence-electron chi connectivity index (χ0n) is 19.3. The van der Waals surface area contributed by atoms with E-state index in [1.165, 1.54) is 29.4 Å². The Morgan fingerprint density at radius 3 is 2.62 bits per heavy atom. The summed E-state index contributed by atoms with van der Waals surface area (Å²) >= 11 is 1.51. The first-order valence-electron chi connectivity index (χ1n) is 11.6. The summed E-state index contributed by atoms with van der Waals surface area (Å²) in [4.78, 5) is 35.2. The van der Waals surface area contributed by atoms with Crippen LogP contribution in [0.1, 0.15) is 48.5 Å². The molecule has 3 heterocycles. The number of likely N-dealkylation sites (tertiary alicyclic amines) is 1. The van der Waals surface area contributed by atoms with Gasteiger partial charge >= 0.3 is 0 Å². The highest BCUT2D eigenvalue weighted by molar-refractivity contribution is 7.22. The smallest absolute Gasteiger partial charge is 0.257 e. The molecule has 0 N–H and O–H groups in total. The third kappa shape index (κ3) is 4.35. The van der Waals surface area contributed by atoms with Crippen molar-refractivity contribution in [1.29, 1.82) is 0 Å². The highest BCUT2D eigenvalue weighted by Crippen LogP contribution is 2.36.